The number of hydrogen-bond donors (Lipinski definition) is 1. The molecule has 88 valence electrons. The molecule has 1 aliphatic rings. The van der Waals surface area contributed by atoms with Gasteiger partial charge >= 0.3 is 6.09 Å². The van der Waals surface area contributed by atoms with Crippen LogP contribution in [-0.4, -0.2) is 30.9 Å². The minimum absolute atomic E-state index is 0.199. The van der Waals surface area contributed by atoms with Gasteiger partial charge in [0.25, 0.3) is 0 Å². The maximum atomic E-state index is 11.4. The maximum Gasteiger partial charge on any atom is 0.407 e. The summed E-state index contributed by atoms with van der Waals surface area (Å²) in [5, 5.41) is 2.86. The number of rotatable bonds is 2. The van der Waals surface area contributed by atoms with Gasteiger partial charge in [0.1, 0.15) is 5.60 Å². The maximum absolute atomic E-state index is 11.4. The molecule has 1 saturated carbocycles. The van der Waals surface area contributed by atoms with E-state index in [4.69, 9.17) is 9.47 Å². The summed E-state index contributed by atoms with van der Waals surface area (Å²) in [5.74, 6) is 0. The Hall–Kier alpha value is -0.770. The van der Waals surface area contributed by atoms with Crippen molar-refractivity contribution in [1.82, 2.24) is 5.32 Å². The molecular formula is C11H21NO3. The second kappa shape index (κ2) is 4.84. The molecule has 1 aliphatic carbocycles. The van der Waals surface area contributed by atoms with E-state index in [0.29, 0.717) is 0 Å². The first-order valence-electron chi connectivity index (χ1n) is 5.43. The predicted molar refractivity (Wildman–Crippen MR) is 57.8 cm³/mol. The Morgan fingerprint density at radius 3 is 2.47 bits per heavy atom. The van der Waals surface area contributed by atoms with Crippen LogP contribution in [0.15, 0.2) is 0 Å². The zero-order valence-corrected chi connectivity index (χ0v) is 10.0. The second-order valence-corrected chi connectivity index (χ2v) is 5.01. The van der Waals surface area contributed by atoms with Crippen molar-refractivity contribution in [2.24, 2.45) is 0 Å². The van der Waals surface area contributed by atoms with Gasteiger partial charge in [0.05, 0.1) is 6.10 Å². The Kier molecular flexibility index (Phi) is 3.97. The van der Waals surface area contributed by atoms with Crippen LogP contribution in [0.4, 0.5) is 4.79 Å². The molecule has 0 unspecified atom stereocenters. The van der Waals surface area contributed by atoms with E-state index in [0.717, 1.165) is 19.3 Å². The van der Waals surface area contributed by atoms with Gasteiger partial charge in [-0.25, -0.2) is 4.79 Å². The zero-order chi connectivity index (χ0) is 11.5. The van der Waals surface area contributed by atoms with E-state index in [-0.39, 0.29) is 18.2 Å². The fraction of sp³-hybridized carbons (Fsp3) is 0.909. The molecule has 0 heterocycles. The summed E-state index contributed by atoms with van der Waals surface area (Å²) in [6.45, 7) is 5.58. The van der Waals surface area contributed by atoms with Crippen LogP contribution >= 0.6 is 0 Å². The fourth-order valence-corrected chi connectivity index (χ4v) is 1.76. The number of nitrogens with one attached hydrogen (secondary N) is 1. The molecule has 0 saturated heterocycles. The summed E-state index contributed by atoms with van der Waals surface area (Å²) in [6.07, 6.45) is 2.82. The van der Waals surface area contributed by atoms with E-state index in [1.54, 1.807) is 7.11 Å². The Morgan fingerprint density at radius 1 is 1.33 bits per heavy atom. The van der Waals surface area contributed by atoms with Crippen molar-refractivity contribution in [2.75, 3.05) is 7.11 Å². The van der Waals surface area contributed by atoms with Crippen molar-refractivity contribution in [3.05, 3.63) is 0 Å². The van der Waals surface area contributed by atoms with Crippen molar-refractivity contribution < 1.29 is 14.3 Å². The van der Waals surface area contributed by atoms with Crippen LogP contribution in [0.2, 0.25) is 0 Å². The van der Waals surface area contributed by atoms with Crippen LogP contribution in [-0.2, 0) is 9.47 Å². The van der Waals surface area contributed by atoms with Gasteiger partial charge in [0.2, 0.25) is 0 Å². The summed E-state index contributed by atoms with van der Waals surface area (Å²) in [5.41, 5.74) is -0.427. The lowest BCUT2D eigenvalue weighted by molar-refractivity contribution is 0.0497. The first-order valence-corrected chi connectivity index (χ1v) is 5.43. The third-order valence-corrected chi connectivity index (χ3v) is 2.44. The van der Waals surface area contributed by atoms with Crippen molar-refractivity contribution in [3.63, 3.8) is 0 Å². The summed E-state index contributed by atoms with van der Waals surface area (Å²) in [6, 6.07) is 0.199. The summed E-state index contributed by atoms with van der Waals surface area (Å²) < 4.78 is 10.4. The van der Waals surface area contributed by atoms with Gasteiger partial charge in [-0.3, -0.25) is 0 Å². The van der Waals surface area contributed by atoms with Crippen LogP contribution in [0.3, 0.4) is 0 Å². The lowest BCUT2D eigenvalue weighted by Gasteiger charge is -2.21. The molecule has 0 radical (unpaired) electrons. The monoisotopic (exact) mass is 215 g/mol. The molecule has 0 aliphatic heterocycles. The van der Waals surface area contributed by atoms with Gasteiger partial charge in [0.15, 0.2) is 0 Å². The highest BCUT2D eigenvalue weighted by molar-refractivity contribution is 5.68. The molecule has 4 nitrogen and oxygen atoms in total. The molecule has 1 rings (SSSR count). The number of alkyl carbamates (subject to hydrolysis) is 1. The topological polar surface area (TPSA) is 47.6 Å². The predicted octanol–water partition coefficient (Wildman–Crippen LogP) is 2.08. The SMILES string of the molecule is CO[C@@H]1CC[C@@H](NC(=O)OC(C)(C)C)C1. The van der Waals surface area contributed by atoms with Crippen LogP contribution in [0.25, 0.3) is 0 Å². The minimum atomic E-state index is -0.427. The lowest BCUT2D eigenvalue weighted by Crippen LogP contribution is -2.38. The first kappa shape index (κ1) is 12.3. The molecule has 0 spiro atoms. The van der Waals surface area contributed by atoms with Gasteiger partial charge in [-0.1, -0.05) is 0 Å². The van der Waals surface area contributed by atoms with Crippen LogP contribution in [0.5, 0.6) is 0 Å². The highest BCUT2D eigenvalue weighted by Crippen LogP contribution is 2.21. The third-order valence-electron chi connectivity index (χ3n) is 2.44. The largest absolute Gasteiger partial charge is 0.444 e. The molecule has 0 bridgehead atoms. The number of ether oxygens (including phenoxy) is 2. The van der Waals surface area contributed by atoms with Crippen LogP contribution in [0, 0.1) is 0 Å². The highest BCUT2D eigenvalue weighted by atomic mass is 16.6. The van der Waals surface area contributed by atoms with Crippen LogP contribution < -0.4 is 5.32 Å². The molecule has 1 fully saturated rings. The van der Waals surface area contributed by atoms with E-state index < -0.39 is 5.60 Å². The normalized spacial score (nSPS) is 26.4. The Bertz CT molecular complexity index is 222. The van der Waals surface area contributed by atoms with E-state index in [1.807, 2.05) is 20.8 Å². The lowest BCUT2D eigenvalue weighted by atomic mass is 10.2. The minimum Gasteiger partial charge on any atom is -0.444 e. The number of amides is 1. The van der Waals surface area contributed by atoms with Gasteiger partial charge in [-0.05, 0) is 40.0 Å². The van der Waals surface area contributed by atoms with Gasteiger partial charge < -0.3 is 14.8 Å². The van der Waals surface area contributed by atoms with Gasteiger partial charge in [0, 0.05) is 13.2 Å². The molecule has 2 atom stereocenters. The van der Waals surface area contributed by atoms with Crippen LogP contribution in [0.1, 0.15) is 40.0 Å². The molecule has 0 aromatic heterocycles. The third kappa shape index (κ3) is 4.51. The van der Waals surface area contributed by atoms with E-state index in [9.17, 15) is 4.79 Å². The van der Waals surface area contributed by atoms with Crippen molar-refractivity contribution in [3.8, 4) is 0 Å². The highest BCUT2D eigenvalue weighted by Gasteiger charge is 2.27. The number of hydrogen-bond acceptors (Lipinski definition) is 3. The van der Waals surface area contributed by atoms with Crippen molar-refractivity contribution in [2.45, 2.75) is 57.8 Å². The molecule has 1 amide bonds. The smallest absolute Gasteiger partial charge is 0.407 e. The molecule has 0 aromatic carbocycles. The summed E-state index contributed by atoms with van der Waals surface area (Å²) in [4.78, 5) is 11.4. The standard InChI is InChI=1S/C11H21NO3/c1-11(2,3)15-10(13)12-8-5-6-9(7-8)14-4/h8-9H,5-7H2,1-4H3,(H,12,13)/t8-,9-/m1/s1. The first-order chi connectivity index (χ1) is 6.90. The number of carbonyl (C=O) groups excluding carboxylic acids is 1. The summed E-state index contributed by atoms with van der Waals surface area (Å²) in [7, 11) is 1.71. The Balaban J connectivity index is 2.28. The van der Waals surface area contributed by atoms with Gasteiger partial charge in [-0.2, -0.15) is 0 Å². The average Bonchev–Trinajstić information content (AvgIpc) is 2.48. The van der Waals surface area contributed by atoms with Crippen molar-refractivity contribution in [1.29, 1.82) is 0 Å². The Labute approximate surface area is 91.3 Å². The molecule has 4 heteroatoms. The van der Waals surface area contributed by atoms with Gasteiger partial charge in [-0.15, -0.1) is 0 Å². The van der Waals surface area contributed by atoms with E-state index in [1.165, 1.54) is 0 Å². The second-order valence-electron chi connectivity index (χ2n) is 5.01. The quantitative estimate of drug-likeness (QED) is 0.767. The number of carbonyl (C=O) groups is 1. The molecule has 0 aromatic rings. The molecule has 1 N–H and O–H groups in total. The molecule has 15 heavy (non-hydrogen) atoms. The number of methoxy groups -OCH3 is 1. The van der Waals surface area contributed by atoms with E-state index >= 15 is 0 Å². The molecular weight excluding hydrogens is 194 g/mol. The van der Waals surface area contributed by atoms with E-state index in [2.05, 4.69) is 5.32 Å². The fourth-order valence-electron chi connectivity index (χ4n) is 1.76. The average molecular weight is 215 g/mol. The summed E-state index contributed by atoms with van der Waals surface area (Å²) >= 11 is 0. The van der Waals surface area contributed by atoms with Crippen molar-refractivity contribution >= 4 is 6.09 Å². The Morgan fingerprint density at radius 2 is 2.00 bits per heavy atom. The zero-order valence-electron chi connectivity index (χ0n) is 10.0.